The first-order valence-corrected chi connectivity index (χ1v) is 12.5. The van der Waals surface area contributed by atoms with Crippen molar-refractivity contribution < 1.29 is 19.1 Å². The lowest BCUT2D eigenvalue weighted by Crippen LogP contribution is -2.32. The van der Waals surface area contributed by atoms with Crippen LogP contribution in [0.2, 0.25) is 0 Å². The van der Waals surface area contributed by atoms with Crippen LogP contribution in [0.4, 0.5) is 0 Å². The number of imide groups is 1. The molecule has 0 saturated carbocycles. The molecular weight excluding hydrogens is 462 g/mol. The van der Waals surface area contributed by atoms with Gasteiger partial charge >= 0.3 is 0 Å². The van der Waals surface area contributed by atoms with Crippen LogP contribution in [-0.4, -0.2) is 47.9 Å². The fourth-order valence-corrected chi connectivity index (χ4v) is 5.94. The fourth-order valence-electron chi connectivity index (χ4n) is 3.82. The molecule has 10 heteroatoms. The van der Waals surface area contributed by atoms with Crippen LogP contribution in [-0.2, 0) is 28.9 Å². The molecule has 0 aliphatic heterocycles. The van der Waals surface area contributed by atoms with Crippen molar-refractivity contribution in [3.63, 3.8) is 0 Å². The molecule has 2 aromatic heterocycles. The van der Waals surface area contributed by atoms with Crippen LogP contribution >= 0.6 is 23.1 Å². The lowest BCUT2D eigenvalue weighted by Gasteiger charge is -2.13. The van der Waals surface area contributed by atoms with Crippen LogP contribution in [0.3, 0.4) is 0 Å². The first-order valence-electron chi connectivity index (χ1n) is 10.7. The lowest BCUT2D eigenvalue weighted by molar-refractivity contribution is -0.117. The third-order valence-electron chi connectivity index (χ3n) is 5.50. The summed E-state index contributed by atoms with van der Waals surface area (Å²) in [5.41, 5.74) is 1.40. The Hall–Kier alpha value is -2.69. The Bertz CT molecular complexity index is 1230. The molecule has 0 radical (unpaired) electrons. The minimum Gasteiger partial charge on any atom is -0.497 e. The molecule has 2 heterocycles. The average Bonchev–Trinajstić information content (AvgIpc) is 3.21. The predicted molar refractivity (Wildman–Crippen MR) is 129 cm³/mol. The SMILES string of the molecule is COCCn1c(SCC(=O)NC(=O)c2ccc(OC)cc2)nc2sc3c(c2c1=O)CCCC3. The summed E-state index contributed by atoms with van der Waals surface area (Å²) >= 11 is 2.71. The molecule has 4 rings (SSSR count). The van der Waals surface area contributed by atoms with E-state index in [1.165, 1.54) is 4.88 Å². The van der Waals surface area contributed by atoms with Crippen molar-refractivity contribution in [2.75, 3.05) is 26.6 Å². The van der Waals surface area contributed by atoms with Gasteiger partial charge in [0.2, 0.25) is 5.91 Å². The summed E-state index contributed by atoms with van der Waals surface area (Å²) in [5.74, 6) is -0.370. The van der Waals surface area contributed by atoms with Gasteiger partial charge in [-0.3, -0.25) is 24.3 Å². The number of hydrogen-bond acceptors (Lipinski definition) is 8. The third kappa shape index (κ3) is 5.13. The Morgan fingerprint density at radius 1 is 1.18 bits per heavy atom. The molecular formula is C23H25N3O5S2. The molecule has 3 aromatic rings. The number of aromatic nitrogens is 2. The Morgan fingerprint density at radius 2 is 1.94 bits per heavy atom. The highest BCUT2D eigenvalue weighted by Gasteiger charge is 2.22. The molecule has 0 bridgehead atoms. The third-order valence-corrected chi connectivity index (χ3v) is 7.66. The van der Waals surface area contributed by atoms with Gasteiger partial charge in [-0.15, -0.1) is 11.3 Å². The van der Waals surface area contributed by atoms with Crippen LogP contribution in [0, 0.1) is 0 Å². The maximum atomic E-state index is 13.3. The molecule has 1 aromatic carbocycles. The number of carbonyl (C=O) groups is 2. The van der Waals surface area contributed by atoms with Gasteiger partial charge in [0.1, 0.15) is 10.6 Å². The Kier molecular flexibility index (Phi) is 7.46. The van der Waals surface area contributed by atoms with Crippen molar-refractivity contribution in [3.05, 3.63) is 50.6 Å². The van der Waals surface area contributed by atoms with Crippen molar-refractivity contribution in [2.24, 2.45) is 0 Å². The zero-order valence-corrected chi connectivity index (χ0v) is 20.1. The van der Waals surface area contributed by atoms with Gasteiger partial charge in [0.05, 0.1) is 31.4 Å². The molecule has 0 unspecified atom stereocenters. The zero-order chi connectivity index (χ0) is 23.4. The normalized spacial score (nSPS) is 13.0. The number of carbonyl (C=O) groups excluding carboxylic acids is 2. The van der Waals surface area contributed by atoms with E-state index in [-0.39, 0.29) is 11.3 Å². The largest absolute Gasteiger partial charge is 0.497 e. The van der Waals surface area contributed by atoms with E-state index < -0.39 is 11.8 Å². The number of thioether (sulfide) groups is 1. The topological polar surface area (TPSA) is 99.5 Å². The molecule has 0 saturated heterocycles. The summed E-state index contributed by atoms with van der Waals surface area (Å²) in [5, 5.41) is 3.54. The maximum Gasteiger partial charge on any atom is 0.263 e. The van der Waals surface area contributed by atoms with Crippen LogP contribution in [0.1, 0.15) is 33.6 Å². The van der Waals surface area contributed by atoms with Crippen molar-refractivity contribution in [3.8, 4) is 5.75 Å². The average molecular weight is 488 g/mol. The number of thiophene rings is 1. The Morgan fingerprint density at radius 3 is 2.67 bits per heavy atom. The number of methoxy groups -OCH3 is 2. The van der Waals surface area contributed by atoms with E-state index in [2.05, 4.69) is 5.32 Å². The van der Waals surface area contributed by atoms with E-state index >= 15 is 0 Å². The fraction of sp³-hybridized carbons (Fsp3) is 0.391. The first kappa shape index (κ1) is 23.5. The van der Waals surface area contributed by atoms with Crippen LogP contribution in [0.5, 0.6) is 5.75 Å². The summed E-state index contributed by atoms with van der Waals surface area (Å²) in [6, 6.07) is 6.49. The summed E-state index contributed by atoms with van der Waals surface area (Å²) in [6.07, 6.45) is 4.09. The molecule has 1 aliphatic carbocycles. The lowest BCUT2D eigenvalue weighted by atomic mass is 9.97. The van der Waals surface area contributed by atoms with Gasteiger partial charge in [-0.05, 0) is 55.5 Å². The molecule has 0 spiro atoms. The van der Waals surface area contributed by atoms with Gasteiger partial charge in [-0.25, -0.2) is 4.98 Å². The zero-order valence-electron chi connectivity index (χ0n) is 18.5. The number of nitrogens with zero attached hydrogens (tertiary/aromatic N) is 2. The second-order valence-electron chi connectivity index (χ2n) is 7.63. The number of amides is 2. The van der Waals surface area contributed by atoms with Gasteiger partial charge in [-0.2, -0.15) is 0 Å². The van der Waals surface area contributed by atoms with Gasteiger partial charge in [-0.1, -0.05) is 11.8 Å². The van der Waals surface area contributed by atoms with Gasteiger partial charge < -0.3 is 9.47 Å². The summed E-state index contributed by atoms with van der Waals surface area (Å²) in [6.45, 7) is 0.701. The molecule has 1 N–H and O–H groups in total. The van der Waals surface area contributed by atoms with E-state index in [1.807, 2.05) is 0 Å². The van der Waals surface area contributed by atoms with E-state index in [0.29, 0.717) is 35.0 Å². The number of benzene rings is 1. The molecule has 0 atom stereocenters. The Labute approximate surface area is 199 Å². The summed E-state index contributed by atoms with van der Waals surface area (Å²) in [7, 11) is 3.12. The molecule has 33 heavy (non-hydrogen) atoms. The number of hydrogen-bond donors (Lipinski definition) is 1. The van der Waals surface area contributed by atoms with Crippen molar-refractivity contribution in [1.29, 1.82) is 0 Å². The van der Waals surface area contributed by atoms with Crippen molar-refractivity contribution in [1.82, 2.24) is 14.9 Å². The van der Waals surface area contributed by atoms with Crippen molar-refractivity contribution >= 4 is 45.1 Å². The highest BCUT2D eigenvalue weighted by atomic mass is 32.2. The highest BCUT2D eigenvalue weighted by Crippen LogP contribution is 2.34. The van der Waals surface area contributed by atoms with E-state index in [0.717, 1.165) is 47.8 Å². The minimum atomic E-state index is -0.491. The molecule has 0 fully saturated rings. The second-order valence-corrected chi connectivity index (χ2v) is 9.66. The van der Waals surface area contributed by atoms with Crippen molar-refractivity contribution in [2.45, 2.75) is 37.4 Å². The van der Waals surface area contributed by atoms with Crippen LogP contribution < -0.4 is 15.6 Å². The quantitative estimate of drug-likeness (QED) is 0.385. The number of rotatable bonds is 8. The molecule has 2 amide bonds. The van der Waals surface area contributed by atoms with E-state index in [9.17, 15) is 14.4 Å². The number of aryl methyl sites for hydroxylation is 2. The monoisotopic (exact) mass is 487 g/mol. The molecule has 8 nitrogen and oxygen atoms in total. The second kappa shape index (κ2) is 10.5. The van der Waals surface area contributed by atoms with Gasteiger partial charge in [0.15, 0.2) is 5.16 Å². The summed E-state index contributed by atoms with van der Waals surface area (Å²) < 4.78 is 11.8. The molecule has 174 valence electrons. The smallest absolute Gasteiger partial charge is 0.263 e. The van der Waals surface area contributed by atoms with Crippen LogP contribution in [0.15, 0.2) is 34.2 Å². The van der Waals surface area contributed by atoms with Gasteiger partial charge in [0.25, 0.3) is 11.5 Å². The highest BCUT2D eigenvalue weighted by molar-refractivity contribution is 7.99. The van der Waals surface area contributed by atoms with E-state index in [1.54, 1.807) is 54.4 Å². The minimum absolute atomic E-state index is 0.0437. The van der Waals surface area contributed by atoms with Crippen LogP contribution in [0.25, 0.3) is 10.2 Å². The number of nitrogens with one attached hydrogen (secondary N) is 1. The number of ether oxygens (including phenoxy) is 2. The predicted octanol–water partition coefficient (Wildman–Crippen LogP) is 3.04. The van der Waals surface area contributed by atoms with E-state index in [4.69, 9.17) is 14.5 Å². The molecule has 1 aliphatic rings. The maximum absolute atomic E-state index is 13.3. The Balaban J connectivity index is 1.52. The van der Waals surface area contributed by atoms with Gasteiger partial charge in [0, 0.05) is 17.6 Å². The first-order chi connectivity index (χ1) is 16.0. The summed E-state index contributed by atoms with van der Waals surface area (Å²) in [4.78, 5) is 44.8. The number of fused-ring (bicyclic) bond motifs is 3. The standard InChI is InChI=1S/C23H25N3O5S2/c1-30-12-11-26-22(29)19-16-5-3-4-6-17(16)33-21(19)25-23(26)32-13-18(27)24-20(28)14-7-9-15(31-2)10-8-14/h7-10H,3-6,11-13H2,1-2H3,(H,24,27,28).